The van der Waals surface area contributed by atoms with E-state index in [1.165, 1.54) is 5.56 Å². The summed E-state index contributed by atoms with van der Waals surface area (Å²) in [6, 6.07) is 14.0. The van der Waals surface area contributed by atoms with E-state index in [4.69, 9.17) is 18.9 Å². The zero-order valence-electron chi connectivity index (χ0n) is 12.3. The van der Waals surface area contributed by atoms with Gasteiger partial charge in [0.05, 0.1) is 21.3 Å². The maximum atomic E-state index is 5.83. The highest BCUT2D eigenvalue weighted by molar-refractivity contribution is 5.57. The molecule has 0 bridgehead atoms. The fourth-order valence-electron chi connectivity index (χ4n) is 2.59. The first-order valence-electron chi connectivity index (χ1n) is 6.79. The lowest BCUT2D eigenvalue weighted by atomic mass is 10.0. The molecule has 0 N–H and O–H groups in total. The molecule has 1 saturated heterocycles. The maximum absolute atomic E-state index is 5.83. The molecule has 4 nitrogen and oxygen atoms in total. The number of ether oxygens (including phenoxy) is 4. The second-order valence-electron chi connectivity index (χ2n) is 4.81. The van der Waals surface area contributed by atoms with Crippen molar-refractivity contribution in [1.29, 1.82) is 0 Å². The fraction of sp³-hybridized carbons (Fsp3) is 0.294. The van der Waals surface area contributed by atoms with E-state index in [9.17, 15) is 0 Å². The third kappa shape index (κ3) is 2.43. The number of hydrogen-bond donors (Lipinski definition) is 0. The first-order chi connectivity index (χ1) is 10.3. The quantitative estimate of drug-likeness (QED) is 0.788. The number of hydrogen-bond acceptors (Lipinski definition) is 4. The van der Waals surface area contributed by atoms with E-state index in [-0.39, 0.29) is 12.2 Å². The van der Waals surface area contributed by atoms with Crippen LogP contribution in [0.25, 0.3) is 0 Å². The molecule has 110 valence electrons. The Morgan fingerprint density at radius 1 is 0.762 bits per heavy atom. The molecule has 2 aromatic carbocycles. The molecular formula is C17H18O4. The van der Waals surface area contributed by atoms with Gasteiger partial charge in [-0.25, -0.2) is 0 Å². The van der Waals surface area contributed by atoms with Gasteiger partial charge < -0.3 is 18.9 Å². The van der Waals surface area contributed by atoms with E-state index >= 15 is 0 Å². The summed E-state index contributed by atoms with van der Waals surface area (Å²) in [6.07, 6.45) is 0.0559. The third-order valence-electron chi connectivity index (χ3n) is 3.66. The minimum atomic E-state index is -0.0119. The molecule has 0 spiro atoms. The van der Waals surface area contributed by atoms with Gasteiger partial charge >= 0.3 is 0 Å². The van der Waals surface area contributed by atoms with Crippen molar-refractivity contribution in [3.05, 3.63) is 53.6 Å². The molecule has 1 aliphatic rings. The van der Waals surface area contributed by atoms with Crippen LogP contribution in [-0.2, 0) is 4.74 Å². The van der Waals surface area contributed by atoms with Crippen molar-refractivity contribution in [3.8, 4) is 17.2 Å². The van der Waals surface area contributed by atoms with Gasteiger partial charge in [-0.1, -0.05) is 30.3 Å². The smallest absolute Gasteiger partial charge is 0.203 e. The van der Waals surface area contributed by atoms with Gasteiger partial charge in [-0.3, -0.25) is 0 Å². The first-order valence-corrected chi connectivity index (χ1v) is 6.79. The summed E-state index contributed by atoms with van der Waals surface area (Å²) < 4.78 is 22.1. The minimum Gasteiger partial charge on any atom is -0.493 e. The summed E-state index contributed by atoms with van der Waals surface area (Å²) in [7, 11) is 4.84. The molecule has 2 atom stereocenters. The average molecular weight is 286 g/mol. The van der Waals surface area contributed by atoms with Gasteiger partial charge in [0.15, 0.2) is 11.5 Å². The molecule has 0 saturated carbocycles. The largest absolute Gasteiger partial charge is 0.493 e. The van der Waals surface area contributed by atoms with Crippen molar-refractivity contribution in [2.45, 2.75) is 12.2 Å². The lowest BCUT2D eigenvalue weighted by Crippen LogP contribution is -1.98. The van der Waals surface area contributed by atoms with Crippen LogP contribution >= 0.6 is 0 Å². The molecule has 21 heavy (non-hydrogen) atoms. The molecule has 0 aromatic heterocycles. The Hall–Kier alpha value is -2.20. The molecule has 1 heterocycles. The Morgan fingerprint density at radius 2 is 1.48 bits per heavy atom. The third-order valence-corrected chi connectivity index (χ3v) is 3.66. The van der Waals surface area contributed by atoms with Crippen LogP contribution in [0, 0.1) is 0 Å². The van der Waals surface area contributed by atoms with Gasteiger partial charge in [-0.05, 0) is 17.7 Å². The van der Waals surface area contributed by atoms with Crippen molar-refractivity contribution >= 4 is 0 Å². The average Bonchev–Trinajstić information content (AvgIpc) is 3.34. The molecule has 0 amide bonds. The van der Waals surface area contributed by atoms with Crippen LogP contribution in [0.1, 0.15) is 23.3 Å². The summed E-state index contributed by atoms with van der Waals surface area (Å²) in [5.74, 6) is 1.91. The van der Waals surface area contributed by atoms with Crippen LogP contribution < -0.4 is 14.2 Å². The highest BCUT2D eigenvalue weighted by atomic mass is 16.6. The fourth-order valence-corrected chi connectivity index (χ4v) is 2.59. The topological polar surface area (TPSA) is 40.2 Å². The van der Waals surface area contributed by atoms with Crippen LogP contribution in [0.3, 0.4) is 0 Å². The van der Waals surface area contributed by atoms with Gasteiger partial charge in [0.1, 0.15) is 12.2 Å². The highest BCUT2D eigenvalue weighted by Crippen LogP contribution is 2.56. The summed E-state index contributed by atoms with van der Waals surface area (Å²) in [5, 5.41) is 0. The summed E-state index contributed by atoms with van der Waals surface area (Å²) in [6.45, 7) is 0. The molecule has 1 fully saturated rings. The second kappa shape index (κ2) is 5.66. The molecule has 0 radical (unpaired) electrons. The molecule has 4 heteroatoms. The van der Waals surface area contributed by atoms with Gasteiger partial charge in [-0.2, -0.15) is 0 Å². The van der Waals surface area contributed by atoms with Crippen LogP contribution in [-0.4, -0.2) is 21.3 Å². The van der Waals surface area contributed by atoms with E-state index in [2.05, 4.69) is 12.1 Å². The number of rotatable bonds is 5. The number of epoxide rings is 1. The Balaban J connectivity index is 1.94. The zero-order chi connectivity index (χ0) is 14.8. The zero-order valence-corrected chi connectivity index (χ0v) is 12.3. The summed E-state index contributed by atoms with van der Waals surface area (Å²) in [5.41, 5.74) is 2.14. The molecular weight excluding hydrogens is 268 g/mol. The van der Waals surface area contributed by atoms with Crippen LogP contribution in [0.4, 0.5) is 0 Å². The van der Waals surface area contributed by atoms with Gasteiger partial charge in [-0.15, -0.1) is 0 Å². The molecule has 2 unspecified atom stereocenters. The highest BCUT2D eigenvalue weighted by Gasteiger charge is 2.44. The van der Waals surface area contributed by atoms with Crippen molar-refractivity contribution < 1.29 is 18.9 Å². The van der Waals surface area contributed by atoms with Gasteiger partial charge in [0, 0.05) is 5.56 Å². The standard InChI is InChI=1S/C17H18O4/c1-18-13-10-9-12(15(19-2)17(13)20-3)16-14(21-16)11-7-5-4-6-8-11/h4-10,14,16H,1-3H3. The number of benzene rings is 2. The predicted octanol–water partition coefficient (Wildman–Crippen LogP) is 3.53. The molecule has 0 aliphatic carbocycles. The van der Waals surface area contributed by atoms with E-state index in [0.29, 0.717) is 17.2 Å². The van der Waals surface area contributed by atoms with Crippen molar-refractivity contribution in [3.63, 3.8) is 0 Å². The molecule has 3 rings (SSSR count). The summed E-state index contributed by atoms with van der Waals surface area (Å²) >= 11 is 0. The van der Waals surface area contributed by atoms with Crippen molar-refractivity contribution in [1.82, 2.24) is 0 Å². The van der Waals surface area contributed by atoms with E-state index in [1.807, 2.05) is 30.3 Å². The first kappa shape index (κ1) is 13.8. The van der Waals surface area contributed by atoms with E-state index in [0.717, 1.165) is 5.56 Å². The van der Waals surface area contributed by atoms with Crippen LogP contribution in [0.2, 0.25) is 0 Å². The van der Waals surface area contributed by atoms with E-state index < -0.39 is 0 Å². The lowest BCUT2D eigenvalue weighted by molar-refractivity contribution is 0.317. The van der Waals surface area contributed by atoms with Crippen molar-refractivity contribution in [2.75, 3.05) is 21.3 Å². The lowest BCUT2D eigenvalue weighted by Gasteiger charge is -2.14. The Kier molecular flexibility index (Phi) is 3.71. The van der Waals surface area contributed by atoms with Gasteiger partial charge in [0.25, 0.3) is 0 Å². The number of methoxy groups -OCH3 is 3. The Bertz CT molecular complexity index is 624. The van der Waals surface area contributed by atoms with Gasteiger partial charge in [0.2, 0.25) is 5.75 Å². The summed E-state index contributed by atoms with van der Waals surface area (Å²) in [4.78, 5) is 0. The maximum Gasteiger partial charge on any atom is 0.203 e. The normalized spacial score (nSPS) is 20.0. The monoisotopic (exact) mass is 286 g/mol. The van der Waals surface area contributed by atoms with Crippen molar-refractivity contribution in [2.24, 2.45) is 0 Å². The molecule has 2 aromatic rings. The van der Waals surface area contributed by atoms with Crippen LogP contribution in [0.5, 0.6) is 17.2 Å². The Labute approximate surface area is 124 Å². The molecule has 1 aliphatic heterocycles. The van der Waals surface area contributed by atoms with Crippen LogP contribution in [0.15, 0.2) is 42.5 Å². The minimum absolute atomic E-state index is 0.0119. The second-order valence-corrected chi connectivity index (χ2v) is 4.81. The SMILES string of the molecule is COc1ccc(C2OC2c2ccccc2)c(OC)c1OC. The Morgan fingerprint density at radius 3 is 2.10 bits per heavy atom. The van der Waals surface area contributed by atoms with E-state index in [1.54, 1.807) is 21.3 Å². The predicted molar refractivity (Wildman–Crippen MR) is 79.1 cm³/mol.